The van der Waals surface area contributed by atoms with Gasteiger partial charge in [-0.25, -0.2) is 0 Å². The summed E-state index contributed by atoms with van der Waals surface area (Å²) < 4.78 is 10.7. The van der Waals surface area contributed by atoms with E-state index in [2.05, 4.69) is 5.32 Å². The van der Waals surface area contributed by atoms with Crippen molar-refractivity contribution in [3.05, 3.63) is 61.6 Å². The molecule has 1 aliphatic heterocycles. The van der Waals surface area contributed by atoms with Crippen molar-refractivity contribution in [1.82, 2.24) is 0 Å². The molecule has 0 spiro atoms. The molecule has 28 heavy (non-hydrogen) atoms. The lowest BCUT2D eigenvalue weighted by molar-refractivity contribution is -0.384. The Labute approximate surface area is 169 Å². The van der Waals surface area contributed by atoms with Crippen LogP contribution >= 0.6 is 23.2 Å². The summed E-state index contributed by atoms with van der Waals surface area (Å²) in [6, 6.07) is 8.90. The molecular weight excluding hydrogens is 409 g/mol. The van der Waals surface area contributed by atoms with Crippen LogP contribution in [0.1, 0.15) is 5.56 Å². The number of benzene rings is 2. The third-order valence-corrected chi connectivity index (χ3v) is 4.42. The Morgan fingerprint density at radius 2 is 1.82 bits per heavy atom. The molecule has 1 amide bonds. The summed E-state index contributed by atoms with van der Waals surface area (Å²) in [5, 5.41) is 23.6. The van der Waals surface area contributed by atoms with Gasteiger partial charge in [-0.05, 0) is 18.2 Å². The number of ether oxygens (including phenoxy) is 2. The topological polar surface area (TPSA) is 114 Å². The van der Waals surface area contributed by atoms with Gasteiger partial charge in [-0.1, -0.05) is 29.3 Å². The zero-order valence-corrected chi connectivity index (χ0v) is 15.6. The fraction of sp³-hybridized carbons (Fsp3) is 0.111. The van der Waals surface area contributed by atoms with Crippen molar-refractivity contribution in [2.24, 2.45) is 0 Å². The van der Waals surface area contributed by atoms with Gasteiger partial charge in [-0.2, -0.15) is 5.26 Å². The van der Waals surface area contributed by atoms with Crippen LogP contribution in [0.4, 0.5) is 11.4 Å². The van der Waals surface area contributed by atoms with Crippen LogP contribution < -0.4 is 14.8 Å². The normalized spacial score (nSPS) is 12.8. The molecule has 0 aromatic heterocycles. The fourth-order valence-electron chi connectivity index (χ4n) is 2.46. The number of nitro benzene ring substituents is 1. The molecule has 0 atom stereocenters. The number of hydrogen-bond donors (Lipinski definition) is 1. The van der Waals surface area contributed by atoms with Crippen LogP contribution in [-0.2, 0) is 4.79 Å². The Bertz CT molecular complexity index is 1030. The number of anilines is 1. The Kier molecular flexibility index (Phi) is 5.68. The van der Waals surface area contributed by atoms with Gasteiger partial charge in [0, 0.05) is 21.7 Å². The Morgan fingerprint density at radius 1 is 1.21 bits per heavy atom. The summed E-state index contributed by atoms with van der Waals surface area (Å²) in [4.78, 5) is 23.2. The number of nitrogens with one attached hydrogen (secondary N) is 1. The van der Waals surface area contributed by atoms with E-state index in [0.29, 0.717) is 0 Å². The minimum absolute atomic E-state index is 0.134. The maximum atomic E-state index is 12.5. The molecule has 8 nitrogen and oxygen atoms in total. The fourth-order valence-corrected chi connectivity index (χ4v) is 2.97. The first-order valence-electron chi connectivity index (χ1n) is 7.86. The van der Waals surface area contributed by atoms with E-state index < -0.39 is 16.5 Å². The van der Waals surface area contributed by atoms with Crippen molar-refractivity contribution in [2.45, 2.75) is 0 Å². The molecule has 2 aromatic carbocycles. The number of nitro groups is 1. The van der Waals surface area contributed by atoms with Gasteiger partial charge in [0.1, 0.15) is 30.5 Å². The lowest BCUT2D eigenvalue weighted by Crippen LogP contribution is -2.18. The smallest absolute Gasteiger partial charge is 0.296 e. The Hall–Kier alpha value is -3.28. The van der Waals surface area contributed by atoms with Gasteiger partial charge in [0.25, 0.3) is 11.6 Å². The zero-order valence-electron chi connectivity index (χ0n) is 14.1. The average molecular weight is 420 g/mol. The number of nitrogens with zero attached hydrogens (tertiary/aromatic N) is 2. The molecule has 2 aromatic rings. The van der Waals surface area contributed by atoms with Crippen LogP contribution in [0.2, 0.25) is 10.0 Å². The highest BCUT2D eigenvalue weighted by Gasteiger charge is 2.24. The number of rotatable bonds is 4. The lowest BCUT2D eigenvalue weighted by atomic mass is 10.1. The molecule has 0 bridgehead atoms. The largest absolute Gasteiger partial charge is 0.486 e. The minimum Gasteiger partial charge on any atom is -0.486 e. The second-order valence-electron chi connectivity index (χ2n) is 5.53. The molecule has 0 saturated carbocycles. The summed E-state index contributed by atoms with van der Waals surface area (Å²) in [5.74, 6) is -0.406. The summed E-state index contributed by atoms with van der Waals surface area (Å²) in [6.07, 6.45) is 1.21. The van der Waals surface area contributed by atoms with E-state index in [9.17, 15) is 20.2 Å². The molecular formula is C18H11Cl2N3O5. The maximum Gasteiger partial charge on any atom is 0.296 e. The maximum absolute atomic E-state index is 12.5. The van der Waals surface area contributed by atoms with Crippen LogP contribution in [0.5, 0.6) is 11.5 Å². The molecule has 0 saturated heterocycles. The third-order valence-electron chi connectivity index (χ3n) is 3.76. The van der Waals surface area contributed by atoms with Crippen molar-refractivity contribution >= 4 is 46.6 Å². The van der Waals surface area contributed by atoms with Gasteiger partial charge in [0.05, 0.1) is 11.0 Å². The molecule has 1 N–H and O–H groups in total. The predicted molar refractivity (Wildman–Crippen MR) is 103 cm³/mol. The van der Waals surface area contributed by atoms with Gasteiger partial charge in [0.15, 0.2) is 11.5 Å². The molecule has 142 valence electrons. The zero-order chi connectivity index (χ0) is 20.3. The molecule has 0 unspecified atom stereocenters. The number of carbonyl (C=O) groups is 1. The standard InChI is InChI=1S/C18H11Cl2N3O5/c19-12-2-1-3-13(20)11(12)6-10(9-21)18(24)22-14-7-16-17(28-5-4-27-16)8-15(14)23(25)26/h1-3,6-8H,4-5H2,(H,22,24). The van der Waals surface area contributed by atoms with E-state index in [4.69, 9.17) is 32.7 Å². The highest BCUT2D eigenvalue weighted by atomic mass is 35.5. The van der Waals surface area contributed by atoms with Crippen molar-refractivity contribution in [3.63, 3.8) is 0 Å². The summed E-state index contributed by atoms with van der Waals surface area (Å²) >= 11 is 12.1. The van der Waals surface area contributed by atoms with Gasteiger partial charge in [-0.3, -0.25) is 14.9 Å². The number of hydrogen-bond acceptors (Lipinski definition) is 6. The Morgan fingerprint density at radius 3 is 2.39 bits per heavy atom. The van der Waals surface area contributed by atoms with Crippen molar-refractivity contribution in [3.8, 4) is 17.6 Å². The van der Waals surface area contributed by atoms with Crippen LogP contribution in [0.25, 0.3) is 6.08 Å². The summed E-state index contributed by atoms with van der Waals surface area (Å²) in [5.41, 5.74) is -0.579. The first-order valence-corrected chi connectivity index (χ1v) is 8.61. The van der Waals surface area contributed by atoms with E-state index >= 15 is 0 Å². The number of halogens is 2. The highest BCUT2D eigenvalue weighted by molar-refractivity contribution is 6.37. The number of nitriles is 1. The summed E-state index contributed by atoms with van der Waals surface area (Å²) in [6.45, 7) is 0.530. The van der Waals surface area contributed by atoms with Crippen LogP contribution in [-0.4, -0.2) is 24.0 Å². The highest BCUT2D eigenvalue weighted by Crippen LogP contribution is 2.39. The van der Waals surface area contributed by atoms with E-state index in [-0.39, 0.29) is 51.6 Å². The predicted octanol–water partition coefficient (Wildman–Crippen LogP) is 4.22. The van der Waals surface area contributed by atoms with Crippen LogP contribution in [0, 0.1) is 21.4 Å². The van der Waals surface area contributed by atoms with Gasteiger partial charge < -0.3 is 14.8 Å². The van der Waals surface area contributed by atoms with E-state index in [1.807, 2.05) is 0 Å². The second kappa shape index (κ2) is 8.17. The van der Waals surface area contributed by atoms with Crippen molar-refractivity contribution in [2.75, 3.05) is 18.5 Å². The first kappa shape index (κ1) is 19.5. The average Bonchev–Trinajstić information content (AvgIpc) is 2.67. The van der Waals surface area contributed by atoms with Gasteiger partial charge in [-0.15, -0.1) is 0 Å². The van der Waals surface area contributed by atoms with Crippen molar-refractivity contribution < 1.29 is 19.2 Å². The number of fused-ring (bicyclic) bond motifs is 1. The molecule has 0 fully saturated rings. The minimum atomic E-state index is -0.863. The summed E-state index contributed by atoms with van der Waals surface area (Å²) in [7, 11) is 0. The van der Waals surface area contributed by atoms with Gasteiger partial charge >= 0.3 is 0 Å². The van der Waals surface area contributed by atoms with Crippen LogP contribution in [0.3, 0.4) is 0 Å². The quantitative estimate of drug-likeness (QED) is 0.343. The van der Waals surface area contributed by atoms with E-state index in [0.717, 1.165) is 6.07 Å². The number of carbonyl (C=O) groups excluding carboxylic acids is 1. The lowest BCUT2D eigenvalue weighted by Gasteiger charge is -2.19. The van der Waals surface area contributed by atoms with E-state index in [1.54, 1.807) is 24.3 Å². The monoisotopic (exact) mass is 419 g/mol. The van der Waals surface area contributed by atoms with Gasteiger partial charge in [0.2, 0.25) is 0 Å². The first-order chi connectivity index (χ1) is 13.4. The SMILES string of the molecule is N#CC(=Cc1c(Cl)cccc1Cl)C(=O)Nc1cc2c(cc1[N+](=O)[O-])OCCO2. The molecule has 0 aliphatic carbocycles. The molecule has 10 heteroatoms. The number of amides is 1. The second-order valence-corrected chi connectivity index (χ2v) is 6.34. The van der Waals surface area contributed by atoms with Crippen LogP contribution in [0.15, 0.2) is 35.9 Å². The van der Waals surface area contributed by atoms with Crippen molar-refractivity contribution in [1.29, 1.82) is 5.26 Å². The van der Waals surface area contributed by atoms with E-state index in [1.165, 1.54) is 12.1 Å². The Balaban J connectivity index is 1.96. The third kappa shape index (κ3) is 4.01. The molecule has 1 heterocycles. The molecule has 1 aliphatic rings. The molecule has 3 rings (SSSR count). The molecule has 0 radical (unpaired) electrons.